The third-order valence-electron chi connectivity index (χ3n) is 2.61. The molecule has 0 fully saturated rings. The lowest BCUT2D eigenvalue weighted by Crippen LogP contribution is -2.07. The van der Waals surface area contributed by atoms with Crippen LogP contribution in [0.5, 0.6) is 5.75 Å². The predicted molar refractivity (Wildman–Crippen MR) is 84.0 cm³/mol. The van der Waals surface area contributed by atoms with Crippen LogP contribution in [-0.4, -0.2) is 6.10 Å². The van der Waals surface area contributed by atoms with Gasteiger partial charge in [-0.1, -0.05) is 6.07 Å². The molecular weight excluding hydrogens is 323 g/mol. The molecule has 0 radical (unpaired) electrons. The molecule has 20 heavy (non-hydrogen) atoms. The minimum Gasteiger partial charge on any atom is -0.489 e. The van der Waals surface area contributed by atoms with E-state index in [1.54, 1.807) is 30.3 Å². The Labute approximate surface area is 126 Å². The highest BCUT2D eigenvalue weighted by molar-refractivity contribution is 9.10. The maximum absolute atomic E-state index is 13.8. The molecule has 0 aliphatic rings. The lowest BCUT2D eigenvalue weighted by Gasteiger charge is -2.15. The summed E-state index contributed by atoms with van der Waals surface area (Å²) in [4.78, 5) is 0. The van der Waals surface area contributed by atoms with Crippen LogP contribution in [0.4, 0.5) is 21.5 Å². The highest BCUT2D eigenvalue weighted by atomic mass is 79.9. The summed E-state index contributed by atoms with van der Waals surface area (Å²) >= 11 is 3.32. The van der Waals surface area contributed by atoms with E-state index in [0.717, 1.165) is 0 Å². The van der Waals surface area contributed by atoms with Crippen molar-refractivity contribution < 1.29 is 9.13 Å². The Hall–Kier alpha value is -1.75. The molecule has 0 saturated heterocycles. The summed E-state index contributed by atoms with van der Waals surface area (Å²) < 4.78 is 20.0. The molecule has 0 unspecified atom stereocenters. The minimum atomic E-state index is -0.331. The highest BCUT2D eigenvalue weighted by Crippen LogP contribution is 2.32. The number of hydrogen-bond acceptors (Lipinski definition) is 3. The lowest BCUT2D eigenvalue weighted by atomic mass is 10.2. The number of nitrogens with two attached hydrogens (primary N) is 1. The zero-order chi connectivity index (χ0) is 14.7. The van der Waals surface area contributed by atoms with Crippen LogP contribution >= 0.6 is 15.9 Å². The summed E-state index contributed by atoms with van der Waals surface area (Å²) in [6.45, 7) is 3.85. The van der Waals surface area contributed by atoms with E-state index in [-0.39, 0.29) is 11.9 Å². The van der Waals surface area contributed by atoms with Crippen LogP contribution in [0.3, 0.4) is 0 Å². The molecule has 0 amide bonds. The van der Waals surface area contributed by atoms with Gasteiger partial charge in [0.25, 0.3) is 0 Å². The highest BCUT2D eigenvalue weighted by Gasteiger charge is 2.09. The van der Waals surface area contributed by atoms with Gasteiger partial charge >= 0.3 is 0 Å². The molecule has 2 aromatic rings. The SMILES string of the molecule is CC(C)Oc1cc(Nc2c(F)cccc2Br)ccc1N. The Balaban J connectivity index is 2.30. The molecule has 0 heterocycles. The van der Waals surface area contributed by atoms with E-state index >= 15 is 0 Å². The van der Waals surface area contributed by atoms with Crippen LogP contribution in [0, 0.1) is 5.82 Å². The van der Waals surface area contributed by atoms with Gasteiger partial charge in [0.15, 0.2) is 0 Å². The first-order chi connectivity index (χ1) is 9.47. The van der Waals surface area contributed by atoms with Crippen LogP contribution < -0.4 is 15.8 Å². The second kappa shape index (κ2) is 6.13. The fourth-order valence-corrected chi connectivity index (χ4v) is 2.17. The van der Waals surface area contributed by atoms with E-state index < -0.39 is 0 Å². The second-order valence-corrected chi connectivity index (χ2v) is 5.50. The smallest absolute Gasteiger partial charge is 0.147 e. The average molecular weight is 339 g/mol. The van der Waals surface area contributed by atoms with Crippen molar-refractivity contribution in [2.75, 3.05) is 11.1 Å². The van der Waals surface area contributed by atoms with Crippen LogP contribution in [-0.2, 0) is 0 Å². The summed E-state index contributed by atoms with van der Waals surface area (Å²) in [6.07, 6.45) is 0.0211. The minimum absolute atomic E-state index is 0.0211. The number of anilines is 3. The summed E-state index contributed by atoms with van der Waals surface area (Å²) in [6, 6.07) is 10.1. The predicted octanol–water partition coefficient (Wildman–Crippen LogP) is 4.70. The van der Waals surface area contributed by atoms with E-state index in [4.69, 9.17) is 10.5 Å². The van der Waals surface area contributed by atoms with Gasteiger partial charge < -0.3 is 15.8 Å². The molecule has 2 aromatic carbocycles. The standard InChI is InChI=1S/C15H16BrFN2O/c1-9(2)20-14-8-10(6-7-13(14)18)19-15-11(16)4-3-5-12(15)17/h3-9,19H,18H2,1-2H3. The van der Waals surface area contributed by atoms with Crippen LogP contribution in [0.1, 0.15) is 13.8 Å². The number of ether oxygens (including phenoxy) is 1. The first kappa shape index (κ1) is 14.7. The Morgan fingerprint density at radius 2 is 2.00 bits per heavy atom. The van der Waals surface area contributed by atoms with E-state index in [1.807, 2.05) is 13.8 Å². The summed E-state index contributed by atoms with van der Waals surface area (Å²) in [7, 11) is 0. The summed E-state index contributed by atoms with van der Waals surface area (Å²) in [5, 5.41) is 3.02. The molecule has 0 aromatic heterocycles. The zero-order valence-electron chi connectivity index (χ0n) is 11.3. The molecule has 0 saturated carbocycles. The first-order valence-corrected chi connectivity index (χ1v) is 7.04. The molecule has 0 aliphatic heterocycles. The molecule has 2 rings (SSSR count). The zero-order valence-corrected chi connectivity index (χ0v) is 12.9. The maximum atomic E-state index is 13.8. The van der Waals surface area contributed by atoms with Gasteiger partial charge in [-0.15, -0.1) is 0 Å². The Kier molecular flexibility index (Phi) is 4.49. The van der Waals surface area contributed by atoms with Gasteiger partial charge in [0, 0.05) is 16.2 Å². The van der Waals surface area contributed by atoms with Crippen molar-refractivity contribution in [3.8, 4) is 5.75 Å². The second-order valence-electron chi connectivity index (χ2n) is 4.64. The molecule has 5 heteroatoms. The van der Waals surface area contributed by atoms with Crippen LogP contribution in [0.15, 0.2) is 40.9 Å². The van der Waals surface area contributed by atoms with Gasteiger partial charge in [0.1, 0.15) is 11.6 Å². The van der Waals surface area contributed by atoms with Gasteiger partial charge in [0.2, 0.25) is 0 Å². The quantitative estimate of drug-likeness (QED) is 0.794. The molecule has 0 spiro atoms. The third-order valence-corrected chi connectivity index (χ3v) is 3.27. The lowest BCUT2D eigenvalue weighted by molar-refractivity contribution is 0.244. The summed E-state index contributed by atoms with van der Waals surface area (Å²) in [5.74, 6) is 0.250. The van der Waals surface area contributed by atoms with Crippen LogP contribution in [0.25, 0.3) is 0 Å². The molecule has 106 valence electrons. The normalized spacial score (nSPS) is 10.7. The molecule has 0 bridgehead atoms. The molecule has 3 N–H and O–H groups in total. The number of hydrogen-bond donors (Lipinski definition) is 2. The molecule has 3 nitrogen and oxygen atoms in total. The van der Waals surface area contributed by atoms with Crippen molar-refractivity contribution >= 4 is 33.0 Å². The number of nitrogen functional groups attached to an aromatic ring is 1. The average Bonchev–Trinajstić information content (AvgIpc) is 2.37. The topological polar surface area (TPSA) is 47.3 Å². The van der Waals surface area contributed by atoms with E-state index in [2.05, 4.69) is 21.2 Å². The molecular formula is C15H16BrFN2O. The molecule has 0 atom stereocenters. The maximum Gasteiger partial charge on any atom is 0.147 e. The summed E-state index contributed by atoms with van der Waals surface area (Å²) in [5.41, 5.74) is 7.50. The van der Waals surface area contributed by atoms with E-state index in [0.29, 0.717) is 27.3 Å². The largest absolute Gasteiger partial charge is 0.489 e. The fraction of sp³-hybridized carbons (Fsp3) is 0.200. The number of rotatable bonds is 4. The van der Waals surface area contributed by atoms with Crippen molar-refractivity contribution in [3.63, 3.8) is 0 Å². The van der Waals surface area contributed by atoms with Crippen molar-refractivity contribution in [3.05, 3.63) is 46.7 Å². The number of halogens is 2. The van der Waals surface area contributed by atoms with Gasteiger partial charge in [-0.2, -0.15) is 0 Å². The number of benzene rings is 2. The van der Waals surface area contributed by atoms with Gasteiger partial charge in [-0.05, 0) is 54.0 Å². The molecule has 0 aliphatic carbocycles. The van der Waals surface area contributed by atoms with Gasteiger partial charge in [-0.3, -0.25) is 0 Å². The Bertz CT molecular complexity index is 597. The fourth-order valence-electron chi connectivity index (χ4n) is 1.73. The van der Waals surface area contributed by atoms with Gasteiger partial charge in [0.05, 0.1) is 17.5 Å². The van der Waals surface area contributed by atoms with Crippen molar-refractivity contribution in [1.82, 2.24) is 0 Å². The van der Waals surface area contributed by atoms with Crippen molar-refractivity contribution in [2.24, 2.45) is 0 Å². The Morgan fingerprint density at radius 1 is 1.25 bits per heavy atom. The number of nitrogens with one attached hydrogen (secondary N) is 1. The van der Waals surface area contributed by atoms with Crippen molar-refractivity contribution in [2.45, 2.75) is 20.0 Å². The van der Waals surface area contributed by atoms with Crippen molar-refractivity contribution in [1.29, 1.82) is 0 Å². The van der Waals surface area contributed by atoms with E-state index in [1.165, 1.54) is 6.07 Å². The van der Waals surface area contributed by atoms with E-state index in [9.17, 15) is 4.39 Å². The first-order valence-electron chi connectivity index (χ1n) is 6.24. The Morgan fingerprint density at radius 3 is 2.65 bits per heavy atom. The van der Waals surface area contributed by atoms with Crippen LogP contribution in [0.2, 0.25) is 0 Å². The third kappa shape index (κ3) is 3.42. The van der Waals surface area contributed by atoms with Gasteiger partial charge in [-0.25, -0.2) is 4.39 Å². The monoisotopic (exact) mass is 338 g/mol. The number of para-hydroxylation sites is 1.